The quantitative estimate of drug-likeness (QED) is 0.437. The van der Waals surface area contributed by atoms with Gasteiger partial charge in [0.25, 0.3) is 0 Å². The number of anilines is 2. The molecule has 0 aromatic heterocycles. The molecule has 1 aromatic carbocycles. The highest BCUT2D eigenvalue weighted by molar-refractivity contribution is 5.62. The van der Waals surface area contributed by atoms with E-state index in [1.165, 1.54) is 24.8 Å². The molecule has 0 amide bonds. The molecule has 0 aliphatic carbocycles. The lowest BCUT2D eigenvalue weighted by atomic mass is 9.96. The highest BCUT2D eigenvalue weighted by Gasteiger charge is 2.08. The zero-order valence-electron chi connectivity index (χ0n) is 10.1. The number of hydrogen-bond acceptors (Lipinski definition) is 2. The summed E-state index contributed by atoms with van der Waals surface area (Å²) in [6.45, 7) is 5.97. The molecule has 16 heavy (non-hydrogen) atoms. The van der Waals surface area contributed by atoms with Crippen LogP contribution in [0.2, 0.25) is 0 Å². The molecular formula is C14H22N2. The van der Waals surface area contributed by atoms with Gasteiger partial charge in [0.2, 0.25) is 0 Å². The summed E-state index contributed by atoms with van der Waals surface area (Å²) >= 11 is 0. The molecule has 0 radical (unpaired) electrons. The van der Waals surface area contributed by atoms with Crippen LogP contribution in [0.15, 0.2) is 24.8 Å². The van der Waals surface area contributed by atoms with Crippen LogP contribution >= 0.6 is 0 Å². The van der Waals surface area contributed by atoms with E-state index in [1.807, 2.05) is 18.2 Å². The van der Waals surface area contributed by atoms with E-state index >= 15 is 0 Å². The van der Waals surface area contributed by atoms with Crippen LogP contribution < -0.4 is 11.5 Å². The molecular weight excluding hydrogens is 196 g/mol. The van der Waals surface area contributed by atoms with Gasteiger partial charge >= 0.3 is 0 Å². The van der Waals surface area contributed by atoms with Gasteiger partial charge in [-0.1, -0.05) is 25.8 Å². The van der Waals surface area contributed by atoms with E-state index in [1.54, 1.807) is 0 Å². The predicted octanol–water partition coefficient (Wildman–Crippen LogP) is 3.31. The van der Waals surface area contributed by atoms with Crippen molar-refractivity contribution in [2.75, 3.05) is 11.5 Å². The van der Waals surface area contributed by atoms with Crippen LogP contribution in [0.4, 0.5) is 11.4 Å². The average Bonchev–Trinajstić information content (AvgIpc) is 2.27. The zero-order valence-corrected chi connectivity index (χ0v) is 10.1. The molecule has 1 rings (SSSR count). The van der Waals surface area contributed by atoms with Crippen molar-refractivity contribution in [1.29, 1.82) is 0 Å². The summed E-state index contributed by atoms with van der Waals surface area (Å²) in [7, 11) is 0. The van der Waals surface area contributed by atoms with E-state index in [9.17, 15) is 0 Å². The first kappa shape index (κ1) is 12.6. The smallest absolute Gasteiger partial charge is 0.0354 e. The third-order valence-corrected chi connectivity index (χ3v) is 2.88. The Balaban J connectivity index is 2.93. The van der Waals surface area contributed by atoms with Gasteiger partial charge in [0.05, 0.1) is 0 Å². The van der Waals surface area contributed by atoms with E-state index in [0.29, 0.717) is 0 Å². The van der Waals surface area contributed by atoms with Gasteiger partial charge in [0, 0.05) is 11.4 Å². The normalized spacial score (nSPS) is 10.3. The number of unbranched alkanes of at least 4 members (excludes halogenated alkanes) is 2. The standard InChI is InChI=1S/C14H22N2/c1-3-5-6-8-12-11(7-4-2)13(15)9-10-14(12)16/h4,9-10H,2-3,5-8,15-16H2,1H3. The fraction of sp³-hybridized carbons (Fsp3) is 0.429. The Hall–Kier alpha value is -1.44. The SMILES string of the molecule is C=CCc1c(N)ccc(N)c1CCCCC. The monoisotopic (exact) mass is 218 g/mol. The summed E-state index contributed by atoms with van der Waals surface area (Å²) in [6.07, 6.45) is 7.34. The highest BCUT2D eigenvalue weighted by atomic mass is 14.6. The average molecular weight is 218 g/mol. The van der Waals surface area contributed by atoms with Crippen molar-refractivity contribution in [3.8, 4) is 0 Å². The van der Waals surface area contributed by atoms with Crippen molar-refractivity contribution in [1.82, 2.24) is 0 Å². The van der Waals surface area contributed by atoms with E-state index in [2.05, 4.69) is 13.5 Å². The molecule has 0 heterocycles. The number of allylic oxidation sites excluding steroid dienone is 1. The zero-order chi connectivity index (χ0) is 12.0. The van der Waals surface area contributed by atoms with Crippen LogP contribution in [-0.2, 0) is 12.8 Å². The Morgan fingerprint density at radius 1 is 1.12 bits per heavy atom. The minimum atomic E-state index is 0.804. The van der Waals surface area contributed by atoms with Crippen molar-refractivity contribution >= 4 is 11.4 Å². The molecule has 2 heteroatoms. The van der Waals surface area contributed by atoms with Gasteiger partial charge < -0.3 is 11.5 Å². The Morgan fingerprint density at radius 2 is 1.75 bits per heavy atom. The Kier molecular flexibility index (Phi) is 4.90. The van der Waals surface area contributed by atoms with Crippen molar-refractivity contribution < 1.29 is 0 Å². The van der Waals surface area contributed by atoms with Gasteiger partial charge in [-0.15, -0.1) is 6.58 Å². The van der Waals surface area contributed by atoms with Crippen LogP contribution in [0.1, 0.15) is 37.3 Å². The maximum Gasteiger partial charge on any atom is 0.0354 e. The summed E-state index contributed by atoms with van der Waals surface area (Å²) in [4.78, 5) is 0. The first-order valence-electron chi connectivity index (χ1n) is 5.97. The van der Waals surface area contributed by atoms with E-state index in [-0.39, 0.29) is 0 Å². The van der Waals surface area contributed by atoms with Crippen molar-refractivity contribution in [3.05, 3.63) is 35.9 Å². The molecule has 0 fully saturated rings. The molecule has 0 aliphatic heterocycles. The fourth-order valence-corrected chi connectivity index (χ4v) is 1.96. The summed E-state index contributed by atoms with van der Waals surface area (Å²) < 4.78 is 0. The number of rotatable bonds is 6. The number of nitrogen functional groups attached to an aromatic ring is 2. The molecule has 0 spiro atoms. The molecule has 4 N–H and O–H groups in total. The van der Waals surface area contributed by atoms with Gasteiger partial charge in [-0.2, -0.15) is 0 Å². The second kappa shape index (κ2) is 6.21. The van der Waals surface area contributed by atoms with Crippen LogP contribution in [0.25, 0.3) is 0 Å². The first-order valence-corrected chi connectivity index (χ1v) is 5.97. The number of nitrogens with two attached hydrogens (primary N) is 2. The highest BCUT2D eigenvalue weighted by Crippen LogP contribution is 2.26. The first-order chi connectivity index (χ1) is 7.70. The summed E-state index contributed by atoms with van der Waals surface area (Å²) in [6, 6.07) is 3.79. The minimum absolute atomic E-state index is 0.804. The van der Waals surface area contributed by atoms with Gasteiger partial charge in [0.15, 0.2) is 0 Å². The third kappa shape index (κ3) is 3.02. The van der Waals surface area contributed by atoms with E-state index in [0.717, 1.165) is 29.8 Å². The molecule has 2 nitrogen and oxygen atoms in total. The van der Waals surface area contributed by atoms with E-state index < -0.39 is 0 Å². The largest absolute Gasteiger partial charge is 0.398 e. The summed E-state index contributed by atoms with van der Waals surface area (Å²) in [5, 5.41) is 0. The Bertz CT molecular complexity index is 356. The topological polar surface area (TPSA) is 52.0 Å². The molecule has 0 saturated heterocycles. The molecule has 0 atom stereocenters. The lowest BCUT2D eigenvalue weighted by Gasteiger charge is -2.13. The van der Waals surface area contributed by atoms with Gasteiger partial charge in [-0.3, -0.25) is 0 Å². The maximum atomic E-state index is 6.01. The van der Waals surface area contributed by atoms with Crippen LogP contribution in [0, 0.1) is 0 Å². The van der Waals surface area contributed by atoms with Gasteiger partial charge in [-0.05, 0) is 42.5 Å². The third-order valence-electron chi connectivity index (χ3n) is 2.88. The van der Waals surface area contributed by atoms with Crippen LogP contribution in [0.5, 0.6) is 0 Å². The number of hydrogen-bond donors (Lipinski definition) is 2. The summed E-state index contributed by atoms with van der Waals surface area (Å²) in [5.74, 6) is 0. The lowest BCUT2D eigenvalue weighted by Crippen LogP contribution is -2.04. The molecule has 0 unspecified atom stereocenters. The van der Waals surface area contributed by atoms with Crippen molar-refractivity contribution in [2.45, 2.75) is 39.0 Å². The van der Waals surface area contributed by atoms with Crippen LogP contribution in [-0.4, -0.2) is 0 Å². The van der Waals surface area contributed by atoms with Gasteiger partial charge in [-0.25, -0.2) is 0 Å². The van der Waals surface area contributed by atoms with Gasteiger partial charge in [0.1, 0.15) is 0 Å². The Labute approximate surface area is 98.3 Å². The predicted molar refractivity (Wildman–Crippen MR) is 72.4 cm³/mol. The lowest BCUT2D eigenvalue weighted by molar-refractivity contribution is 0.715. The second-order valence-electron chi connectivity index (χ2n) is 4.15. The fourth-order valence-electron chi connectivity index (χ4n) is 1.96. The van der Waals surface area contributed by atoms with Crippen molar-refractivity contribution in [2.24, 2.45) is 0 Å². The Morgan fingerprint density at radius 3 is 2.31 bits per heavy atom. The molecule has 0 saturated carbocycles. The number of benzene rings is 1. The minimum Gasteiger partial charge on any atom is -0.398 e. The molecule has 88 valence electrons. The molecule has 1 aromatic rings. The van der Waals surface area contributed by atoms with Crippen LogP contribution in [0.3, 0.4) is 0 Å². The van der Waals surface area contributed by atoms with E-state index in [4.69, 9.17) is 11.5 Å². The second-order valence-corrected chi connectivity index (χ2v) is 4.15. The molecule has 0 aliphatic rings. The molecule has 0 bridgehead atoms. The maximum absolute atomic E-state index is 6.01. The van der Waals surface area contributed by atoms with Crippen molar-refractivity contribution in [3.63, 3.8) is 0 Å². The summed E-state index contributed by atoms with van der Waals surface area (Å²) in [5.41, 5.74) is 16.1.